The Labute approximate surface area is 90.9 Å². The highest BCUT2D eigenvalue weighted by Crippen LogP contribution is 2.22. The zero-order valence-electron chi connectivity index (χ0n) is 9.35. The summed E-state index contributed by atoms with van der Waals surface area (Å²) in [5.74, 6) is 0.329. The summed E-state index contributed by atoms with van der Waals surface area (Å²) in [6.45, 7) is 5.63. The standard InChI is InChI=1S/C11H20N2O2/c1-9(14)4-5-12-6-7-13-10(8-12)2-3-11(13)15/h9-10,14H,2-8H2,1H3. The third-order valence-electron chi connectivity index (χ3n) is 3.44. The number of amides is 1. The summed E-state index contributed by atoms with van der Waals surface area (Å²) in [6, 6.07) is 0.445. The van der Waals surface area contributed by atoms with Gasteiger partial charge in [0, 0.05) is 38.6 Å². The molecular formula is C11H20N2O2. The van der Waals surface area contributed by atoms with Crippen molar-refractivity contribution in [3.05, 3.63) is 0 Å². The van der Waals surface area contributed by atoms with Crippen molar-refractivity contribution >= 4 is 5.91 Å². The molecule has 2 atom stereocenters. The van der Waals surface area contributed by atoms with E-state index in [1.807, 2.05) is 11.8 Å². The van der Waals surface area contributed by atoms with Crippen LogP contribution in [0.2, 0.25) is 0 Å². The number of fused-ring (bicyclic) bond motifs is 1. The topological polar surface area (TPSA) is 43.8 Å². The summed E-state index contributed by atoms with van der Waals surface area (Å²) in [7, 11) is 0. The summed E-state index contributed by atoms with van der Waals surface area (Å²) < 4.78 is 0. The highest BCUT2D eigenvalue weighted by Gasteiger charge is 2.35. The number of carbonyl (C=O) groups excluding carboxylic acids is 1. The number of hydrogen-bond acceptors (Lipinski definition) is 3. The predicted molar refractivity (Wildman–Crippen MR) is 57.5 cm³/mol. The number of hydrogen-bond donors (Lipinski definition) is 1. The average molecular weight is 212 g/mol. The van der Waals surface area contributed by atoms with Gasteiger partial charge in [0.05, 0.1) is 6.10 Å². The zero-order chi connectivity index (χ0) is 10.8. The fourth-order valence-electron chi connectivity index (χ4n) is 2.50. The molecule has 0 aromatic heterocycles. The highest BCUT2D eigenvalue weighted by molar-refractivity contribution is 5.78. The molecule has 86 valence electrons. The molecule has 4 nitrogen and oxygen atoms in total. The van der Waals surface area contributed by atoms with E-state index in [0.29, 0.717) is 11.9 Å². The second-order valence-electron chi connectivity index (χ2n) is 4.72. The molecule has 0 radical (unpaired) electrons. The van der Waals surface area contributed by atoms with Crippen molar-refractivity contribution < 1.29 is 9.90 Å². The average Bonchev–Trinajstić information content (AvgIpc) is 2.57. The van der Waals surface area contributed by atoms with Gasteiger partial charge in [0.15, 0.2) is 0 Å². The molecule has 2 heterocycles. The zero-order valence-corrected chi connectivity index (χ0v) is 9.35. The number of piperazine rings is 1. The van der Waals surface area contributed by atoms with E-state index in [-0.39, 0.29) is 6.10 Å². The van der Waals surface area contributed by atoms with Crippen molar-refractivity contribution in [3.8, 4) is 0 Å². The molecule has 1 amide bonds. The Morgan fingerprint density at radius 3 is 3.07 bits per heavy atom. The molecule has 0 spiro atoms. The van der Waals surface area contributed by atoms with Gasteiger partial charge in [-0.2, -0.15) is 0 Å². The van der Waals surface area contributed by atoms with Crippen LogP contribution in [0.25, 0.3) is 0 Å². The Kier molecular flexibility index (Phi) is 3.26. The molecule has 2 fully saturated rings. The van der Waals surface area contributed by atoms with Crippen molar-refractivity contribution in [1.29, 1.82) is 0 Å². The van der Waals surface area contributed by atoms with Crippen LogP contribution in [-0.2, 0) is 4.79 Å². The van der Waals surface area contributed by atoms with Gasteiger partial charge in [0.1, 0.15) is 0 Å². The predicted octanol–water partition coefficient (Wildman–Crippen LogP) is 0.0639. The highest BCUT2D eigenvalue weighted by atomic mass is 16.3. The Bertz CT molecular complexity index is 243. The summed E-state index contributed by atoms with van der Waals surface area (Å²) in [6.07, 6.45) is 2.37. The quantitative estimate of drug-likeness (QED) is 0.719. The van der Waals surface area contributed by atoms with Crippen molar-refractivity contribution in [3.63, 3.8) is 0 Å². The molecule has 0 aromatic rings. The number of nitrogens with zero attached hydrogens (tertiary/aromatic N) is 2. The Morgan fingerprint density at radius 1 is 1.53 bits per heavy atom. The number of rotatable bonds is 3. The van der Waals surface area contributed by atoms with Gasteiger partial charge in [-0.3, -0.25) is 9.69 Å². The van der Waals surface area contributed by atoms with E-state index in [9.17, 15) is 9.90 Å². The Hall–Kier alpha value is -0.610. The van der Waals surface area contributed by atoms with Crippen LogP contribution < -0.4 is 0 Å². The Morgan fingerprint density at radius 2 is 2.33 bits per heavy atom. The largest absolute Gasteiger partial charge is 0.393 e. The Balaban J connectivity index is 1.80. The van der Waals surface area contributed by atoms with Gasteiger partial charge in [0.25, 0.3) is 0 Å². The molecule has 2 aliphatic rings. The van der Waals surface area contributed by atoms with Crippen LogP contribution in [0.4, 0.5) is 0 Å². The van der Waals surface area contributed by atoms with Gasteiger partial charge in [-0.1, -0.05) is 0 Å². The van der Waals surface area contributed by atoms with Crippen molar-refractivity contribution in [1.82, 2.24) is 9.80 Å². The first-order chi connectivity index (χ1) is 7.16. The first-order valence-electron chi connectivity index (χ1n) is 5.86. The summed E-state index contributed by atoms with van der Waals surface area (Å²) in [5.41, 5.74) is 0. The van der Waals surface area contributed by atoms with Crippen molar-refractivity contribution in [2.24, 2.45) is 0 Å². The van der Waals surface area contributed by atoms with Gasteiger partial charge in [-0.25, -0.2) is 0 Å². The summed E-state index contributed by atoms with van der Waals surface area (Å²) >= 11 is 0. The maximum absolute atomic E-state index is 11.4. The molecule has 15 heavy (non-hydrogen) atoms. The molecule has 2 unspecified atom stereocenters. The van der Waals surface area contributed by atoms with E-state index in [2.05, 4.69) is 4.90 Å². The lowest BCUT2D eigenvalue weighted by molar-refractivity contribution is -0.130. The lowest BCUT2D eigenvalue weighted by atomic mass is 10.1. The van der Waals surface area contributed by atoms with Crippen LogP contribution in [0.1, 0.15) is 26.2 Å². The molecular weight excluding hydrogens is 192 g/mol. The molecule has 4 heteroatoms. The minimum Gasteiger partial charge on any atom is -0.393 e. The van der Waals surface area contributed by atoms with Gasteiger partial charge < -0.3 is 10.0 Å². The molecule has 2 rings (SSSR count). The normalized spacial score (nSPS) is 29.3. The molecule has 0 saturated carbocycles. The maximum atomic E-state index is 11.4. The number of aliphatic hydroxyl groups excluding tert-OH is 1. The summed E-state index contributed by atoms with van der Waals surface area (Å²) in [5, 5.41) is 9.22. The van der Waals surface area contributed by atoms with Gasteiger partial charge in [0.2, 0.25) is 5.91 Å². The van der Waals surface area contributed by atoms with Crippen LogP contribution >= 0.6 is 0 Å². The van der Waals surface area contributed by atoms with Gasteiger partial charge in [-0.15, -0.1) is 0 Å². The second kappa shape index (κ2) is 4.49. The third kappa shape index (κ3) is 2.49. The lowest BCUT2D eigenvalue weighted by Gasteiger charge is -2.37. The number of carbonyl (C=O) groups is 1. The van der Waals surface area contributed by atoms with Crippen LogP contribution in [0, 0.1) is 0 Å². The van der Waals surface area contributed by atoms with E-state index < -0.39 is 0 Å². The van der Waals surface area contributed by atoms with Crippen LogP contribution in [0.5, 0.6) is 0 Å². The molecule has 2 saturated heterocycles. The van der Waals surface area contributed by atoms with E-state index in [1.54, 1.807) is 0 Å². The monoisotopic (exact) mass is 212 g/mol. The number of aliphatic hydroxyl groups is 1. The third-order valence-corrected chi connectivity index (χ3v) is 3.44. The summed E-state index contributed by atoms with van der Waals surface area (Å²) in [4.78, 5) is 15.8. The first-order valence-corrected chi connectivity index (χ1v) is 5.86. The van der Waals surface area contributed by atoms with E-state index in [4.69, 9.17) is 0 Å². The first kappa shape index (κ1) is 10.9. The fourth-order valence-corrected chi connectivity index (χ4v) is 2.50. The molecule has 1 N–H and O–H groups in total. The smallest absolute Gasteiger partial charge is 0.222 e. The van der Waals surface area contributed by atoms with Gasteiger partial charge >= 0.3 is 0 Å². The van der Waals surface area contributed by atoms with E-state index in [0.717, 1.165) is 45.4 Å². The van der Waals surface area contributed by atoms with Crippen molar-refractivity contribution in [2.45, 2.75) is 38.3 Å². The molecule has 0 bridgehead atoms. The molecule has 0 aromatic carbocycles. The molecule has 2 aliphatic heterocycles. The molecule has 0 aliphatic carbocycles. The maximum Gasteiger partial charge on any atom is 0.222 e. The van der Waals surface area contributed by atoms with E-state index in [1.165, 1.54) is 0 Å². The minimum absolute atomic E-state index is 0.215. The SMILES string of the molecule is CC(O)CCN1CCN2C(=O)CCC2C1. The minimum atomic E-state index is -0.215. The van der Waals surface area contributed by atoms with Crippen LogP contribution in [0.3, 0.4) is 0 Å². The van der Waals surface area contributed by atoms with E-state index >= 15 is 0 Å². The second-order valence-corrected chi connectivity index (χ2v) is 4.72. The van der Waals surface area contributed by atoms with Crippen LogP contribution in [-0.4, -0.2) is 59.1 Å². The van der Waals surface area contributed by atoms with Crippen molar-refractivity contribution in [2.75, 3.05) is 26.2 Å². The fraction of sp³-hybridized carbons (Fsp3) is 0.909. The lowest BCUT2D eigenvalue weighted by Crippen LogP contribution is -2.51. The van der Waals surface area contributed by atoms with Crippen LogP contribution in [0.15, 0.2) is 0 Å². The van der Waals surface area contributed by atoms with Gasteiger partial charge in [-0.05, 0) is 19.8 Å².